The molecule has 0 fully saturated rings. The molecule has 0 radical (unpaired) electrons. The molecule has 2 aromatic rings. The van der Waals surface area contributed by atoms with E-state index in [1.165, 1.54) is 13.0 Å². The lowest BCUT2D eigenvalue weighted by Crippen LogP contribution is -2.14. The van der Waals surface area contributed by atoms with E-state index in [0.29, 0.717) is 6.07 Å². The lowest BCUT2D eigenvalue weighted by Gasteiger charge is -2.10. The number of aromatic hydroxyl groups is 1. The predicted molar refractivity (Wildman–Crippen MR) is 80.1 cm³/mol. The number of amides is 1. The first-order valence-corrected chi connectivity index (χ1v) is 8.22. The molecule has 0 heterocycles. The van der Waals surface area contributed by atoms with Crippen molar-refractivity contribution in [2.75, 3.05) is 11.1 Å². The van der Waals surface area contributed by atoms with Crippen LogP contribution < -0.4 is 5.32 Å². The summed E-state index contributed by atoms with van der Waals surface area (Å²) in [4.78, 5) is 11.9. The summed E-state index contributed by atoms with van der Waals surface area (Å²) in [5.74, 6) is -3.38. The van der Waals surface area contributed by atoms with Gasteiger partial charge in [0.15, 0.2) is 9.84 Å². The Labute approximate surface area is 131 Å². The molecule has 2 N–H and O–H groups in total. The number of nitrogens with one attached hydrogen (secondary N) is 1. The van der Waals surface area contributed by atoms with Crippen LogP contribution in [0.5, 0.6) is 5.75 Å². The summed E-state index contributed by atoms with van der Waals surface area (Å²) in [6.07, 6.45) is 0. The van der Waals surface area contributed by atoms with Crippen molar-refractivity contribution >= 4 is 21.4 Å². The Kier molecular flexibility index (Phi) is 4.65. The summed E-state index contributed by atoms with van der Waals surface area (Å²) < 4.78 is 50.0. The zero-order chi connectivity index (χ0) is 17.2. The number of phenols is 1. The standard InChI is InChI=1S/C15H13F2NO4S/c1-2-23(21,22)10-4-6-14(19)13(8-10)18-15(20)11-5-3-9(16)7-12(11)17/h3-8,19H,2H2,1H3,(H,18,20). The van der Waals surface area contributed by atoms with Crippen molar-refractivity contribution in [3.05, 3.63) is 53.6 Å². The molecular weight excluding hydrogens is 328 g/mol. The average molecular weight is 341 g/mol. The van der Waals surface area contributed by atoms with Crippen molar-refractivity contribution in [1.29, 1.82) is 0 Å². The van der Waals surface area contributed by atoms with Gasteiger partial charge in [-0.15, -0.1) is 0 Å². The summed E-state index contributed by atoms with van der Waals surface area (Å²) in [6.45, 7) is 1.45. The van der Waals surface area contributed by atoms with E-state index in [4.69, 9.17) is 0 Å². The number of carbonyl (C=O) groups excluding carboxylic acids is 1. The summed E-state index contributed by atoms with van der Waals surface area (Å²) in [6, 6.07) is 5.79. The highest BCUT2D eigenvalue weighted by Crippen LogP contribution is 2.27. The van der Waals surface area contributed by atoms with Gasteiger partial charge in [-0.05, 0) is 30.3 Å². The number of sulfone groups is 1. The van der Waals surface area contributed by atoms with E-state index in [-0.39, 0.29) is 22.1 Å². The average Bonchev–Trinajstić information content (AvgIpc) is 2.49. The SMILES string of the molecule is CCS(=O)(=O)c1ccc(O)c(NC(=O)c2ccc(F)cc2F)c1. The third-order valence-corrected chi connectivity index (χ3v) is 4.86. The summed E-state index contributed by atoms with van der Waals surface area (Å²) in [7, 11) is -3.54. The first-order valence-electron chi connectivity index (χ1n) is 6.57. The topological polar surface area (TPSA) is 83.5 Å². The second-order valence-electron chi connectivity index (χ2n) is 4.66. The highest BCUT2D eigenvalue weighted by atomic mass is 32.2. The van der Waals surface area contributed by atoms with Crippen molar-refractivity contribution in [1.82, 2.24) is 0 Å². The van der Waals surface area contributed by atoms with Crippen LogP contribution in [-0.4, -0.2) is 25.2 Å². The van der Waals surface area contributed by atoms with Gasteiger partial charge in [-0.2, -0.15) is 0 Å². The van der Waals surface area contributed by atoms with Crippen LogP contribution in [0, 0.1) is 11.6 Å². The highest BCUT2D eigenvalue weighted by molar-refractivity contribution is 7.91. The molecule has 0 saturated heterocycles. The molecule has 0 bridgehead atoms. The van der Waals surface area contributed by atoms with Gasteiger partial charge in [-0.1, -0.05) is 6.92 Å². The van der Waals surface area contributed by atoms with Crippen LogP contribution in [0.1, 0.15) is 17.3 Å². The molecular formula is C15H13F2NO4S. The number of benzene rings is 2. The van der Waals surface area contributed by atoms with E-state index in [9.17, 15) is 27.1 Å². The van der Waals surface area contributed by atoms with E-state index in [1.54, 1.807) is 0 Å². The lowest BCUT2D eigenvalue weighted by molar-refractivity contribution is 0.102. The summed E-state index contributed by atoms with van der Waals surface area (Å²) in [5, 5.41) is 11.9. The maximum absolute atomic E-state index is 13.6. The quantitative estimate of drug-likeness (QED) is 0.838. The fraction of sp³-hybridized carbons (Fsp3) is 0.133. The van der Waals surface area contributed by atoms with Crippen LogP contribution in [0.2, 0.25) is 0 Å². The predicted octanol–water partition coefficient (Wildman–Crippen LogP) is 2.72. The normalized spacial score (nSPS) is 11.3. The van der Waals surface area contributed by atoms with Crippen LogP contribution >= 0.6 is 0 Å². The van der Waals surface area contributed by atoms with E-state index >= 15 is 0 Å². The van der Waals surface area contributed by atoms with Gasteiger partial charge in [0.1, 0.15) is 17.4 Å². The molecule has 0 aromatic heterocycles. The molecule has 1 amide bonds. The first kappa shape index (κ1) is 16.9. The second-order valence-corrected chi connectivity index (χ2v) is 6.94. The maximum Gasteiger partial charge on any atom is 0.258 e. The zero-order valence-electron chi connectivity index (χ0n) is 12.0. The molecule has 0 aliphatic rings. The fourth-order valence-electron chi connectivity index (χ4n) is 1.84. The Morgan fingerprint density at radius 3 is 2.48 bits per heavy atom. The van der Waals surface area contributed by atoms with Crippen molar-refractivity contribution in [3.8, 4) is 5.75 Å². The molecule has 122 valence electrons. The van der Waals surface area contributed by atoms with Gasteiger partial charge in [0, 0.05) is 6.07 Å². The zero-order valence-corrected chi connectivity index (χ0v) is 12.8. The molecule has 0 aliphatic heterocycles. The molecule has 0 saturated carbocycles. The Morgan fingerprint density at radius 1 is 1.17 bits per heavy atom. The molecule has 23 heavy (non-hydrogen) atoms. The molecule has 0 unspecified atom stereocenters. The fourth-order valence-corrected chi connectivity index (χ4v) is 2.74. The van der Waals surface area contributed by atoms with Crippen molar-refractivity contribution in [2.45, 2.75) is 11.8 Å². The van der Waals surface area contributed by atoms with Crippen molar-refractivity contribution in [2.24, 2.45) is 0 Å². The third-order valence-electron chi connectivity index (χ3n) is 3.13. The molecule has 8 heteroatoms. The largest absolute Gasteiger partial charge is 0.506 e. The summed E-state index contributed by atoms with van der Waals surface area (Å²) >= 11 is 0. The minimum Gasteiger partial charge on any atom is -0.506 e. The van der Waals surface area contributed by atoms with Crippen LogP contribution in [0.3, 0.4) is 0 Å². The van der Waals surface area contributed by atoms with Crippen LogP contribution in [0.25, 0.3) is 0 Å². The molecule has 2 rings (SSSR count). The van der Waals surface area contributed by atoms with Gasteiger partial charge in [-0.25, -0.2) is 17.2 Å². The number of halogens is 2. The smallest absolute Gasteiger partial charge is 0.258 e. The number of phenolic OH excluding ortho intramolecular Hbond substituents is 1. The van der Waals surface area contributed by atoms with Gasteiger partial charge >= 0.3 is 0 Å². The third kappa shape index (κ3) is 3.65. The van der Waals surface area contributed by atoms with E-state index in [1.807, 2.05) is 0 Å². The van der Waals surface area contributed by atoms with Gasteiger partial charge in [0.05, 0.1) is 21.9 Å². The monoisotopic (exact) mass is 341 g/mol. The van der Waals surface area contributed by atoms with Crippen LogP contribution in [0.4, 0.5) is 14.5 Å². The van der Waals surface area contributed by atoms with Gasteiger partial charge in [0.25, 0.3) is 5.91 Å². The Balaban J connectivity index is 2.36. The van der Waals surface area contributed by atoms with Crippen molar-refractivity contribution < 1.29 is 27.1 Å². The summed E-state index contributed by atoms with van der Waals surface area (Å²) in [5.41, 5.74) is -0.622. The number of rotatable bonds is 4. The minimum atomic E-state index is -3.54. The minimum absolute atomic E-state index is 0.0901. The number of hydrogen-bond donors (Lipinski definition) is 2. The molecule has 5 nitrogen and oxygen atoms in total. The van der Waals surface area contributed by atoms with Gasteiger partial charge in [0.2, 0.25) is 0 Å². The molecule has 2 aromatic carbocycles. The van der Waals surface area contributed by atoms with E-state index < -0.39 is 32.9 Å². The molecule has 0 atom stereocenters. The van der Waals surface area contributed by atoms with Crippen molar-refractivity contribution in [3.63, 3.8) is 0 Å². The Hall–Kier alpha value is -2.48. The Morgan fingerprint density at radius 2 is 1.87 bits per heavy atom. The van der Waals surface area contributed by atoms with Gasteiger partial charge < -0.3 is 10.4 Å². The van der Waals surface area contributed by atoms with E-state index in [0.717, 1.165) is 24.3 Å². The number of anilines is 1. The lowest BCUT2D eigenvalue weighted by atomic mass is 10.2. The van der Waals surface area contributed by atoms with Crippen LogP contribution in [0.15, 0.2) is 41.3 Å². The highest BCUT2D eigenvalue weighted by Gasteiger charge is 2.17. The Bertz CT molecular complexity index is 866. The number of hydrogen-bond acceptors (Lipinski definition) is 4. The molecule has 0 aliphatic carbocycles. The van der Waals surface area contributed by atoms with Crippen LogP contribution in [-0.2, 0) is 9.84 Å². The van der Waals surface area contributed by atoms with E-state index in [2.05, 4.69) is 5.32 Å². The molecule has 0 spiro atoms. The second kappa shape index (κ2) is 6.33. The number of carbonyl (C=O) groups is 1. The first-order chi connectivity index (χ1) is 10.7. The maximum atomic E-state index is 13.6. The van der Waals surface area contributed by atoms with Gasteiger partial charge in [-0.3, -0.25) is 4.79 Å².